The molecule has 10 heteroatoms. The fourth-order valence-electron chi connectivity index (χ4n) is 4.47. The molecule has 2 unspecified atom stereocenters. The molecule has 0 fully saturated rings. The highest BCUT2D eigenvalue weighted by molar-refractivity contribution is 8.00. The van der Waals surface area contributed by atoms with Crippen LogP contribution in [0.2, 0.25) is 0 Å². The summed E-state index contributed by atoms with van der Waals surface area (Å²) in [5, 5.41) is 13.5. The fraction of sp³-hybridized carbons (Fsp3) is 0.250. The van der Waals surface area contributed by atoms with Crippen LogP contribution in [0.3, 0.4) is 0 Å². The first kappa shape index (κ1) is 31.5. The van der Waals surface area contributed by atoms with Crippen molar-refractivity contribution in [3.05, 3.63) is 125 Å². The van der Waals surface area contributed by atoms with E-state index in [9.17, 15) is 31.4 Å². The van der Waals surface area contributed by atoms with Crippen LogP contribution in [0, 0.1) is 0 Å². The van der Waals surface area contributed by atoms with E-state index in [4.69, 9.17) is 4.74 Å². The number of alkyl halides is 6. The molecule has 0 aromatic heterocycles. The summed E-state index contributed by atoms with van der Waals surface area (Å²) in [6, 6.07) is 23.3. The third-order valence-corrected chi connectivity index (χ3v) is 7.29. The summed E-state index contributed by atoms with van der Waals surface area (Å²) in [5.41, 5.74) is -2.77. The highest BCUT2D eigenvalue weighted by Gasteiger charge is 2.31. The molecule has 0 radical (unpaired) electrons. The Morgan fingerprint density at radius 2 is 1.26 bits per heavy atom. The molecule has 3 nitrogen and oxygen atoms in total. The van der Waals surface area contributed by atoms with E-state index in [0.717, 1.165) is 17.7 Å². The lowest BCUT2D eigenvalue weighted by atomic mass is 9.96. The second-order valence-electron chi connectivity index (χ2n) is 9.98. The zero-order valence-electron chi connectivity index (χ0n) is 22.7. The molecule has 4 rings (SSSR count). The smallest absolute Gasteiger partial charge is 0.446 e. The molecule has 0 saturated carbocycles. The second-order valence-corrected chi connectivity index (χ2v) is 11.1. The van der Waals surface area contributed by atoms with Gasteiger partial charge in [-0.05, 0) is 88.5 Å². The second kappa shape index (κ2) is 13.2. The quantitative estimate of drug-likeness (QED) is 0.140. The van der Waals surface area contributed by atoms with Crippen molar-refractivity contribution in [3.8, 4) is 11.5 Å². The molecule has 0 heterocycles. The predicted octanol–water partition coefficient (Wildman–Crippen LogP) is 9.65. The number of aliphatic hydroxyl groups is 1. The number of ether oxygens (including phenoxy) is 1. The van der Waals surface area contributed by atoms with Crippen molar-refractivity contribution >= 4 is 11.8 Å². The van der Waals surface area contributed by atoms with Crippen LogP contribution in [0.5, 0.6) is 11.5 Å². The molecule has 4 aromatic carbocycles. The Balaban J connectivity index is 1.71. The van der Waals surface area contributed by atoms with Crippen LogP contribution in [0.4, 0.5) is 26.3 Å². The van der Waals surface area contributed by atoms with E-state index in [1.807, 2.05) is 24.3 Å². The van der Waals surface area contributed by atoms with Gasteiger partial charge in [0, 0.05) is 4.90 Å². The normalized spacial score (nSPS) is 13.7. The van der Waals surface area contributed by atoms with E-state index >= 15 is 0 Å². The first-order valence-electron chi connectivity index (χ1n) is 13.1. The van der Waals surface area contributed by atoms with Gasteiger partial charge in [-0.1, -0.05) is 62.4 Å². The molecule has 0 saturated heterocycles. The number of hydrogen-bond donors (Lipinski definition) is 2. The minimum atomic E-state index is -4.52. The minimum Gasteiger partial charge on any atom is -0.457 e. The van der Waals surface area contributed by atoms with Crippen LogP contribution in [-0.4, -0.2) is 17.2 Å². The van der Waals surface area contributed by atoms with Gasteiger partial charge in [-0.3, -0.25) is 5.32 Å². The molecule has 0 aliphatic carbocycles. The van der Waals surface area contributed by atoms with Crippen molar-refractivity contribution < 1.29 is 36.2 Å². The Morgan fingerprint density at radius 1 is 0.714 bits per heavy atom. The van der Waals surface area contributed by atoms with Crippen molar-refractivity contribution in [2.24, 2.45) is 0 Å². The highest BCUT2D eigenvalue weighted by atomic mass is 32.2. The summed E-state index contributed by atoms with van der Waals surface area (Å²) < 4.78 is 84.9. The van der Waals surface area contributed by atoms with Crippen LogP contribution in [0.15, 0.2) is 102 Å². The molecule has 0 aliphatic rings. The van der Waals surface area contributed by atoms with Crippen LogP contribution in [0.25, 0.3) is 0 Å². The molecule has 2 N–H and O–H groups in total. The van der Waals surface area contributed by atoms with Gasteiger partial charge in [0.15, 0.2) is 0 Å². The summed E-state index contributed by atoms with van der Waals surface area (Å²) in [7, 11) is 0. The summed E-state index contributed by atoms with van der Waals surface area (Å²) in [6.07, 6.45) is -4.52. The topological polar surface area (TPSA) is 41.5 Å². The molecule has 0 bridgehead atoms. The number of nitrogens with one attached hydrogen (secondary N) is 1. The zero-order valence-corrected chi connectivity index (χ0v) is 23.5. The van der Waals surface area contributed by atoms with Crippen molar-refractivity contribution in [2.45, 2.75) is 48.4 Å². The average molecular weight is 606 g/mol. The van der Waals surface area contributed by atoms with Crippen molar-refractivity contribution in [1.82, 2.24) is 5.32 Å². The Hall–Kier alpha value is -3.47. The van der Waals surface area contributed by atoms with E-state index in [-0.39, 0.29) is 22.6 Å². The standard InChI is InChI=1S/C32H29F6NO2S/c1-20(2)22-6-3-9-26(16-22)41-27-10-4-7-23(17-27)30(24-8-5-11-28(18-24)42-32(36,37)38)39-29(19-40)21-12-14-25(15-13-21)31(33,34)35/h3-18,20,29-30,39-40H,19H2,1-2H3. The third-order valence-electron chi connectivity index (χ3n) is 6.57. The summed E-state index contributed by atoms with van der Waals surface area (Å²) in [5.74, 6) is 1.39. The van der Waals surface area contributed by atoms with Gasteiger partial charge in [-0.15, -0.1) is 0 Å². The number of aliphatic hydroxyl groups excluding tert-OH is 1. The van der Waals surface area contributed by atoms with E-state index in [1.54, 1.807) is 30.3 Å². The maximum Gasteiger partial charge on any atom is 0.446 e. The molecule has 0 spiro atoms. The minimum absolute atomic E-state index is 0.0280. The van der Waals surface area contributed by atoms with E-state index < -0.39 is 35.9 Å². The highest BCUT2D eigenvalue weighted by Crippen LogP contribution is 2.39. The van der Waals surface area contributed by atoms with Crippen molar-refractivity contribution in [3.63, 3.8) is 0 Å². The first-order valence-corrected chi connectivity index (χ1v) is 13.9. The Kier molecular flexibility index (Phi) is 9.91. The Labute approximate surface area is 244 Å². The van der Waals surface area contributed by atoms with Gasteiger partial charge in [0.1, 0.15) is 11.5 Å². The molecule has 0 amide bonds. The van der Waals surface area contributed by atoms with Crippen LogP contribution in [0.1, 0.15) is 59.7 Å². The lowest BCUT2D eigenvalue weighted by molar-refractivity contribution is -0.137. The molecule has 222 valence electrons. The maximum absolute atomic E-state index is 13.2. The predicted molar refractivity (Wildman–Crippen MR) is 152 cm³/mol. The van der Waals surface area contributed by atoms with Crippen molar-refractivity contribution in [2.75, 3.05) is 6.61 Å². The summed E-state index contributed by atoms with van der Waals surface area (Å²) in [6.45, 7) is 3.65. The third kappa shape index (κ3) is 8.53. The number of hydrogen-bond acceptors (Lipinski definition) is 4. The van der Waals surface area contributed by atoms with E-state index in [0.29, 0.717) is 28.2 Å². The van der Waals surface area contributed by atoms with Gasteiger partial charge in [0.25, 0.3) is 0 Å². The summed E-state index contributed by atoms with van der Waals surface area (Å²) >= 11 is -0.247. The van der Waals surface area contributed by atoms with Gasteiger partial charge in [-0.2, -0.15) is 26.3 Å². The van der Waals surface area contributed by atoms with Gasteiger partial charge >= 0.3 is 11.7 Å². The van der Waals surface area contributed by atoms with Gasteiger partial charge in [0.05, 0.1) is 24.3 Å². The lowest BCUT2D eigenvalue weighted by Crippen LogP contribution is -2.30. The largest absolute Gasteiger partial charge is 0.457 e. The van der Waals surface area contributed by atoms with Gasteiger partial charge in [-0.25, -0.2) is 0 Å². The maximum atomic E-state index is 13.2. The fourth-order valence-corrected chi connectivity index (χ4v) is 5.08. The van der Waals surface area contributed by atoms with Gasteiger partial charge < -0.3 is 9.84 Å². The first-order chi connectivity index (χ1) is 19.8. The van der Waals surface area contributed by atoms with Crippen LogP contribution >= 0.6 is 11.8 Å². The molecular formula is C32H29F6NO2S. The zero-order chi connectivity index (χ0) is 30.5. The monoisotopic (exact) mass is 605 g/mol. The lowest BCUT2D eigenvalue weighted by Gasteiger charge is -2.27. The molecular weight excluding hydrogens is 576 g/mol. The number of rotatable bonds is 10. The number of halogens is 6. The van der Waals surface area contributed by atoms with E-state index in [2.05, 4.69) is 19.2 Å². The Morgan fingerprint density at radius 3 is 1.81 bits per heavy atom. The average Bonchev–Trinajstić information content (AvgIpc) is 2.93. The summed E-state index contributed by atoms with van der Waals surface area (Å²) in [4.78, 5) is -0.0280. The molecule has 0 aliphatic heterocycles. The molecule has 4 aromatic rings. The van der Waals surface area contributed by atoms with Crippen LogP contribution in [-0.2, 0) is 6.18 Å². The van der Waals surface area contributed by atoms with Gasteiger partial charge in [0.2, 0.25) is 0 Å². The SMILES string of the molecule is CC(C)c1cccc(Oc2cccc(C(NC(CO)c3ccc(C(F)(F)F)cc3)c3cccc(SC(F)(F)F)c3)c2)c1. The number of thioether (sulfide) groups is 1. The Bertz CT molecular complexity index is 1470. The van der Waals surface area contributed by atoms with E-state index in [1.165, 1.54) is 30.3 Å². The molecule has 42 heavy (non-hydrogen) atoms. The van der Waals surface area contributed by atoms with Crippen LogP contribution < -0.4 is 10.1 Å². The number of benzene rings is 4. The molecule has 2 atom stereocenters. The van der Waals surface area contributed by atoms with Crippen molar-refractivity contribution in [1.29, 1.82) is 0 Å².